The molecule has 0 aromatic carbocycles. The molecule has 190 valence electrons. The quantitative estimate of drug-likeness (QED) is 0.419. The summed E-state index contributed by atoms with van der Waals surface area (Å²) in [5.41, 5.74) is 1.37. The van der Waals surface area contributed by atoms with Crippen molar-refractivity contribution < 1.29 is 9.53 Å². The lowest BCUT2D eigenvalue weighted by atomic mass is 10.1. The van der Waals surface area contributed by atoms with Crippen LogP contribution in [0, 0.1) is 11.3 Å². The van der Waals surface area contributed by atoms with E-state index in [1.165, 1.54) is 6.33 Å². The Morgan fingerprint density at radius 1 is 1.14 bits per heavy atom. The molecule has 0 saturated carbocycles. The summed E-state index contributed by atoms with van der Waals surface area (Å²) >= 11 is 0. The Kier molecular flexibility index (Phi) is 6.03. The number of pyridine rings is 1. The molecule has 0 radical (unpaired) electrons. The van der Waals surface area contributed by atoms with Crippen LogP contribution in [0.2, 0.25) is 0 Å². The number of anilines is 1. The van der Waals surface area contributed by atoms with Crippen LogP contribution in [-0.2, 0) is 4.74 Å². The summed E-state index contributed by atoms with van der Waals surface area (Å²) in [5, 5.41) is 14.7. The highest BCUT2D eigenvalue weighted by Crippen LogP contribution is 2.34. The van der Waals surface area contributed by atoms with Crippen molar-refractivity contribution in [2.24, 2.45) is 0 Å². The van der Waals surface area contributed by atoms with E-state index in [4.69, 9.17) is 9.72 Å². The van der Waals surface area contributed by atoms with Crippen LogP contribution in [-0.4, -0.2) is 71.1 Å². The third kappa shape index (κ3) is 4.58. The van der Waals surface area contributed by atoms with Crippen LogP contribution >= 0.6 is 0 Å². The fourth-order valence-corrected chi connectivity index (χ4v) is 4.62. The lowest BCUT2D eigenvalue weighted by molar-refractivity contribution is 0.0130. The Hall–Kier alpha value is -4.46. The second-order valence-corrected chi connectivity index (χ2v) is 10.2. The van der Waals surface area contributed by atoms with E-state index in [-0.39, 0.29) is 18.2 Å². The van der Waals surface area contributed by atoms with Crippen LogP contribution in [0.15, 0.2) is 49.3 Å². The Morgan fingerprint density at radius 2 is 1.95 bits per heavy atom. The van der Waals surface area contributed by atoms with Crippen LogP contribution < -0.4 is 4.90 Å². The highest BCUT2D eigenvalue weighted by Gasteiger charge is 2.36. The van der Waals surface area contributed by atoms with E-state index in [9.17, 15) is 10.1 Å². The summed E-state index contributed by atoms with van der Waals surface area (Å²) in [7, 11) is 0. The smallest absolute Gasteiger partial charge is 0.410 e. The maximum absolute atomic E-state index is 12.9. The fraction of sp³-hybridized carbons (Fsp3) is 0.385. The lowest BCUT2D eigenvalue weighted by Crippen LogP contribution is -2.59. The molecule has 1 amide bonds. The number of hydrogen-bond donors (Lipinski definition) is 0. The van der Waals surface area contributed by atoms with E-state index in [0.29, 0.717) is 30.1 Å². The van der Waals surface area contributed by atoms with Gasteiger partial charge in [0.2, 0.25) is 0 Å². The summed E-state index contributed by atoms with van der Waals surface area (Å²) in [6.07, 6.45) is 8.31. The Bertz CT molecular complexity index is 1480. The molecule has 1 fully saturated rings. The zero-order chi connectivity index (χ0) is 26.3. The number of hydrogen-bond acceptors (Lipinski definition) is 8. The van der Waals surface area contributed by atoms with E-state index in [1.807, 2.05) is 50.7 Å². The monoisotopic (exact) mass is 499 g/mol. The van der Waals surface area contributed by atoms with Gasteiger partial charge in [-0.15, -0.1) is 0 Å². The van der Waals surface area contributed by atoms with E-state index in [0.717, 1.165) is 16.9 Å². The summed E-state index contributed by atoms with van der Waals surface area (Å²) in [4.78, 5) is 30.6. The number of piperazine rings is 1. The first-order chi connectivity index (χ1) is 17.7. The third-order valence-electron chi connectivity index (χ3n) is 6.30. The molecule has 0 spiro atoms. The average molecular weight is 500 g/mol. The summed E-state index contributed by atoms with van der Waals surface area (Å²) in [5.74, 6) is 1.32. The molecule has 4 aromatic rings. The van der Waals surface area contributed by atoms with Gasteiger partial charge in [0.15, 0.2) is 5.65 Å². The number of fused-ring (bicyclic) bond motifs is 1. The van der Waals surface area contributed by atoms with Gasteiger partial charge in [0, 0.05) is 50.0 Å². The standard InChI is InChI=1S/C26H29N9O2/c1-17-14-33(25(36)37-26(3,4)5)18(2)13-32(17)23-22-20(35-10-6-8-31-35)15-34(24(22)30-16-29-23)21-11-19(12-27)7-9-28-21/h6-11,15-18H,13-14H2,1-5H3/t17-,18+/m0/s1. The van der Waals surface area contributed by atoms with E-state index < -0.39 is 5.60 Å². The van der Waals surface area contributed by atoms with Gasteiger partial charge < -0.3 is 14.5 Å². The summed E-state index contributed by atoms with van der Waals surface area (Å²) in [6.45, 7) is 10.8. The first kappa shape index (κ1) is 24.2. The van der Waals surface area contributed by atoms with Crippen LogP contribution in [0.3, 0.4) is 0 Å². The maximum atomic E-state index is 12.9. The Labute approximate surface area is 214 Å². The van der Waals surface area contributed by atoms with Crippen molar-refractivity contribution in [2.45, 2.75) is 52.3 Å². The molecule has 0 aliphatic carbocycles. The van der Waals surface area contributed by atoms with Crippen molar-refractivity contribution in [1.82, 2.24) is 34.2 Å². The largest absolute Gasteiger partial charge is 0.444 e. The van der Waals surface area contributed by atoms with Crippen molar-refractivity contribution in [1.29, 1.82) is 5.26 Å². The van der Waals surface area contributed by atoms with Crippen LogP contribution in [0.1, 0.15) is 40.2 Å². The highest BCUT2D eigenvalue weighted by molar-refractivity contribution is 5.96. The number of nitriles is 1. The number of aromatic nitrogens is 6. The molecule has 37 heavy (non-hydrogen) atoms. The van der Waals surface area contributed by atoms with Gasteiger partial charge in [0.05, 0.1) is 22.7 Å². The highest BCUT2D eigenvalue weighted by atomic mass is 16.6. The minimum absolute atomic E-state index is 0.0318. The summed E-state index contributed by atoms with van der Waals surface area (Å²) in [6, 6.07) is 7.27. The van der Waals surface area contributed by atoms with E-state index in [1.54, 1.807) is 34.1 Å². The van der Waals surface area contributed by atoms with Gasteiger partial charge in [0.1, 0.15) is 23.6 Å². The molecule has 5 rings (SSSR count). The van der Waals surface area contributed by atoms with Crippen molar-refractivity contribution in [3.05, 3.63) is 54.9 Å². The second kappa shape index (κ2) is 9.20. The molecule has 1 aliphatic heterocycles. The zero-order valence-corrected chi connectivity index (χ0v) is 21.5. The second-order valence-electron chi connectivity index (χ2n) is 10.2. The van der Waals surface area contributed by atoms with Gasteiger partial charge in [-0.05, 0) is 52.8 Å². The molecule has 5 heterocycles. The predicted molar refractivity (Wildman–Crippen MR) is 138 cm³/mol. The van der Waals surface area contributed by atoms with Crippen LogP contribution in [0.4, 0.5) is 10.6 Å². The maximum Gasteiger partial charge on any atom is 0.410 e. The first-order valence-corrected chi connectivity index (χ1v) is 12.1. The minimum atomic E-state index is -0.561. The predicted octanol–water partition coefficient (Wildman–Crippen LogP) is 3.71. The first-order valence-electron chi connectivity index (χ1n) is 12.1. The number of carbonyl (C=O) groups is 1. The fourth-order valence-electron chi connectivity index (χ4n) is 4.62. The molecule has 11 nitrogen and oxygen atoms in total. The van der Waals surface area contributed by atoms with Gasteiger partial charge in [-0.25, -0.2) is 24.4 Å². The van der Waals surface area contributed by atoms with Crippen LogP contribution in [0.25, 0.3) is 22.5 Å². The van der Waals surface area contributed by atoms with Crippen molar-refractivity contribution >= 4 is 22.9 Å². The average Bonchev–Trinajstić information content (AvgIpc) is 3.52. The van der Waals surface area contributed by atoms with Gasteiger partial charge >= 0.3 is 6.09 Å². The minimum Gasteiger partial charge on any atom is -0.444 e. The Balaban J connectivity index is 1.60. The van der Waals surface area contributed by atoms with Gasteiger partial charge in [-0.3, -0.25) is 4.57 Å². The number of rotatable bonds is 3. The van der Waals surface area contributed by atoms with E-state index >= 15 is 0 Å². The number of amides is 1. The molecule has 1 saturated heterocycles. The molecule has 0 unspecified atom stereocenters. The SMILES string of the molecule is C[C@@H]1CN(c2ncnc3c2c(-n2cccn2)cn3-c2cc(C#N)ccn2)[C@@H](C)CN1C(=O)OC(C)(C)C. The topological polar surface area (TPSA) is 118 Å². The van der Waals surface area contributed by atoms with Crippen molar-refractivity contribution in [3.8, 4) is 17.6 Å². The third-order valence-corrected chi connectivity index (χ3v) is 6.30. The number of ether oxygens (including phenoxy) is 1. The zero-order valence-electron chi connectivity index (χ0n) is 21.5. The summed E-state index contributed by atoms with van der Waals surface area (Å²) < 4.78 is 9.26. The molecule has 0 N–H and O–H groups in total. The molecule has 1 aliphatic rings. The van der Waals surface area contributed by atoms with Crippen molar-refractivity contribution in [3.63, 3.8) is 0 Å². The molecule has 2 atom stereocenters. The van der Waals surface area contributed by atoms with E-state index in [2.05, 4.69) is 33.0 Å². The van der Waals surface area contributed by atoms with Gasteiger partial charge in [-0.2, -0.15) is 10.4 Å². The molecular weight excluding hydrogens is 470 g/mol. The normalized spacial score (nSPS) is 18.2. The number of carbonyl (C=O) groups excluding carboxylic acids is 1. The Morgan fingerprint density at radius 3 is 2.65 bits per heavy atom. The molecule has 0 bridgehead atoms. The van der Waals surface area contributed by atoms with Gasteiger partial charge in [-0.1, -0.05) is 0 Å². The van der Waals surface area contributed by atoms with Crippen LogP contribution in [0.5, 0.6) is 0 Å². The van der Waals surface area contributed by atoms with Crippen molar-refractivity contribution in [2.75, 3.05) is 18.0 Å². The lowest BCUT2D eigenvalue weighted by Gasteiger charge is -2.44. The number of nitrogens with zero attached hydrogens (tertiary/aromatic N) is 9. The molecule has 4 aromatic heterocycles. The molecular formula is C26H29N9O2. The van der Waals surface area contributed by atoms with Gasteiger partial charge in [0.25, 0.3) is 0 Å². The molecule has 11 heteroatoms.